The molecule has 0 saturated heterocycles. The van der Waals surface area contributed by atoms with Crippen molar-refractivity contribution in [2.24, 2.45) is 0 Å². The van der Waals surface area contributed by atoms with Crippen LogP contribution < -0.4 is 4.74 Å². The van der Waals surface area contributed by atoms with Crippen LogP contribution in [0.2, 0.25) is 0 Å². The largest absolute Gasteiger partial charge is 0.497 e. The Balaban J connectivity index is 2.08. The molecule has 0 amide bonds. The Labute approximate surface area is 137 Å². The van der Waals surface area contributed by atoms with Crippen molar-refractivity contribution in [1.82, 2.24) is 0 Å². The smallest absolute Gasteiger partial charge is 0.118 e. The maximum atomic E-state index is 5.25. The van der Waals surface area contributed by atoms with E-state index in [2.05, 4.69) is 42.1 Å². The molecule has 0 aliphatic heterocycles. The van der Waals surface area contributed by atoms with Gasteiger partial charge < -0.3 is 4.74 Å². The molecule has 0 radical (unpaired) electrons. The second-order valence-electron chi connectivity index (χ2n) is 5.17. The average molecular weight is 298 g/mol. The molecule has 0 aromatic heterocycles. The first-order chi connectivity index (χ1) is 11.4. The fourth-order valence-electron chi connectivity index (χ4n) is 2.40. The van der Waals surface area contributed by atoms with Crippen LogP contribution in [0.5, 0.6) is 5.75 Å². The summed E-state index contributed by atoms with van der Waals surface area (Å²) < 4.78 is 5.25. The predicted octanol–water partition coefficient (Wildman–Crippen LogP) is 5.44. The van der Waals surface area contributed by atoms with Crippen LogP contribution in [-0.2, 0) is 0 Å². The van der Waals surface area contributed by atoms with Crippen molar-refractivity contribution >= 4 is 11.6 Å². The van der Waals surface area contributed by atoms with E-state index in [0.717, 1.165) is 28.0 Å². The summed E-state index contributed by atoms with van der Waals surface area (Å²) in [6.07, 6.45) is 2.02. The molecule has 0 unspecified atom stereocenters. The Kier molecular flexibility index (Phi) is 4.73. The lowest BCUT2D eigenvalue weighted by Gasteiger charge is -2.07. The van der Waals surface area contributed by atoms with Gasteiger partial charge in [-0.25, -0.2) is 0 Å². The Morgan fingerprint density at radius 2 is 1.30 bits per heavy atom. The Morgan fingerprint density at radius 1 is 0.739 bits per heavy atom. The highest BCUT2D eigenvalue weighted by Crippen LogP contribution is 2.24. The van der Waals surface area contributed by atoms with Crippen LogP contribution >= 0.6 is 0 Å². The standard InChI is InChI=1S/C22H18O/c1-23-21-15-13-20(14-16-21)22(19-10-6-3-7-11-19)17-12-18-8-4-2-5-9-18/h2-16H,1H3. The topological polar surface area (TPSA) is 9.23 Å². The van der Waals surface area contributed by atoms with Gasteiger partial charge in [-0.15, -0.1) is 5.73 Å². The van der Waals surface area contributed by atoms with Gasteiger partial charge in [0.15, 0.2) is 0 Å². The Hall–Kier alpha value is -3.02. The van der Waals surface area contributed by atoms with E-state index in [4.69, 9.17) is 4.74 Å². The zero-order valence-electron chi connectivity index (χ0n) is 13.1. The Morgan fingerprint density at radius 3 is 1.91 bits per heavy atom. The van der Waals surface area contributed by atoms with Crippen LogP contribution in [0.25, 0.3) is 11.6 Å². The molecule has 0 fully saturated rings. The van der Waals surface area contributed by atoms with Gasteiger partial charge in [0.25, 0.3) is 0 Å². The van der Waals surface area contributed by atoms with Crippen LogP contribution in [0.1, 0.15) is 16.7 Å². The van der Waals surface area contributed by atoms with Crippen molar-refractivity contribution in [3.8, 4) is 5.75 Å². The zero-order chi connectivity index (χ0) is 15.9. The summed E-state index contributed by atoms with van der Waals surface area (Å²) in [6.45, 7) is 0. The van der Waals surface area contributed by atoms with Crippen LogP contribution in [-0.4, -0.2) is 7.11 Å². The van der Waals surface area contributed by atoms with Crippen LogP contribution in [0.3, 0.4) is 0 Å². The molecule has 112 valence electrons. The van der Waals surface area contributed by atoms with Gasteiger partial charge in [-0.3, -0.25) is 0 Å². The summed E-state index contributed by atoms with van der Waals surface area (Å²) in [5, 5.41) is 0. The molecule has 1 heteroatoms. The molecular weight excluding hydrogens is 280 g/mol. The summed E-state index contributed by atoms with van der Waals surface area (Å²) in [7, 11) is 1.68. The van der Waals surface area contributed by atoms with E-state index < -0.39 is 0 Å². The molecule has 0 aliphatic carbocycles. The monoisotopic (exact) mass is 298 g/mol. The molecule has 1 nitrogen and oxygen atoms in total. The van der Waals surface area contributed by atoms with Gasteiger partial charge in [0.2, 0.25) is 0 Å². The third-order valence-electron chi connectivity index (χ3n) is 3.62. The van der Waals surface area contributed by atoms with E-state index in [-0.39, 0.29) is 0 Å². The van der Waals surface area contributed by atoms with E-state index >= 15 is 0 Å². The normalized spacial score (nSPS) is 9.78. The number of methoxy groups -OCH3 is 1. The van der Waals surface area contributed by atoms with Crippen LogP contribution in [0.4, 0.5) is 0 Å². The molecule has 0 heterocycles. The zero-order valence-corrected chi connectivity index (χ0v) is 13.1. The SMILES string of the molecule is COc1ccc(C(=C=Cc2ccccc2)c2ccccc2)cc1. The van der Waals surface area contributed by atoms with Crippen molar-refractivity contribution < 1.29 is 4.74 Å². The number of rotatable bonds is 4. The minimum atomic E-state index is 0.855. The highest BCUT2D eigenvalue weighted by Gasteiger charge is 2.04. The molecule has 0 atom stereocenters. The van der Waals surface area contributed by atoms with Gasteiger partial charge in [0.05, 0.1) is 7.11 Å². The van der Waals surface area contributed by atoms with Crippen molar-refractivity contribution in [3.63, 3.8) is 0 Å². The lowest BCUT2D eigenvalue weighted by molar-refractivity contribution is 0.415. The summed E-state index contributed by atoms with van der Waals surface area (Å²) in [6, 6.07) is 28.6. The van der Waals surface area contributed by atoms with Crippen LogP contribution in [0, 0.1) is 0 Å². The summed E-state index contributed by atoms with van der Waals surface area (Å²) in [5.74, 6) is 0.855. The quantitative estimate of drug-likeness (QED) is 0.583. The second kappa shape index (κ2) is 7.31. The van der Waals surface area contributed by atoms with Gasteiger partial charge >= 0.3 is 0 Å². The average Bonchev–Trinajstić information content (AvgIpc) is 2.64. The van der Waals surface area contributed by atoms with Gasteiger partial charge in [-0.1, -0.05) is 72.8 Å². The fourth-order valence-corrected chi connectivity index (χ4v) is 2.40. The number of ether oxygens (including phenoxy) is 1. The minimum absolute atomic E-state index is 0.855. The molecule has 0 aliphatic rings. The molecule has 0 spiro atoms. The van der Waals surface area contributed by atoms with Gasteiger partial charge in [-0.2, -0.15) is 0 Å². The number of benzene rings is 3. The van der Waals surface area contributed by atoms with Gasteiger partial charge in [0.1, 0.15) is 5.75 Å². The maximum Gasteiger partial charge on any atom is 0.118 e. The maximum absolute atomic E-state index is 5.25. The van der Waals surface area contributed by atoms with E-state index in [9.17, 15) is 0 Å². The Bertz CT molecular complexity index is 809. The summed E-state index contributed by atoms with van der Waals surface area (Å²) in [4.78, 5) is 0. The van der Waals surface area contributed by atoms with E-state index in [1.54, 1.807) is 7.11 Å². The molecule has 0 N–H and O–H groups in total. The minimum Gasteiger partial charge on any atom is -0.497 e. The molecule has 3 rings (SSSR count). The fraction of sp³-hybridized carbons (Fsp3) is 0.0455. The van der Waals surface area contributed by atoms with Crippen molar-refractivity contribution in [3.05, 3.63) is 107 Å². The molecule has 0 bridgehead atoms. The molecule has 3 aromatic rings. The van der Waals surface area contributed by atoms with Crippen LogP contribution in [0.15, 0.2) is 90.7 Å². The lowest BCUT2D eigenvalue weighted by Crippen LogP contribution is -1.88. The molecule has 23 heavy (non-hydrogen) atoms. The van der Waals surface area contributed by atoms with Gasteiger partial charge in [0, 0.05) is 5.57 Å². The first-order valence-corrected chi connectivity index (χ1v) is 7.58. The third kappa shape index (κ3) is 3.79. The summed E-state index contributed by atoms with van der Waals surface area (Å²) >= 11 is 0. The first-order valence-electron chi connectivity index (χ1n) is 7.58. The lowest BCUT2D eigenvalue weighted by atomic mass is 9.98. The van der Waals surface area contributed by atoms with Gasteiger partial charge in [-0.05, 0) is 34.9 Å². The van der Waals surface area contributed by atoms with E-state index in [1.807, 2.05) is 54.6 Å². The van der Waals surface area contributed by atoms with Crippen molar-refractivity contribution in [2.45, 2.75) is 0 Å². The number of hydrogen-bond acceptors (Lipinski definition) is 1. The van der Waals surface area contributed by atoms with E-state index in [0.29, 0.717) is 0 Å². The molecular formula is C22H18O. The number of hydrogen-bond donors (Lipinski definition) is 0. The van der Waals surface area contributed by atoms with Crippen molar-refractivity contribution in [2.75, 3.05) is 7.11 Å². The predicted molar refractivity (Wildman–Crippen MR) is 96.4 cm³/mol. The third-order valence-corrected chi connectivity index (χ3v) is 3.62. The first kappa shape index (κ1) is 14.9. The highest BCUT2D eigenvalue weighted by molar-refractivity contribution is 5.81. The second-order valence-corrected chi connectivity index (χ2v) is 5.17. The van der Waals surface area contributed by atoms with Crippen molar-refractivity contribution in [1.29, 1.82) is 0 Å². The highest BCUT2D eigenvalue weighted by atomic mass is 16.5. The molecule has 0 saturated carbocycles. The summed E-state index contributed by atoms with van der Waals surface area (Å²) in [5.41, 5.74) is 7.92. The molecule has 3 aromatic carbocycles. The van der Waals surface area contributed by atoms with E-state index in [1.165, 1.54) is 0 Å².